The first kappa shape index (κ1) is 17.1. The van der Waals surface area contributed by atoms with Crippen molar-refractivity contribution in [1.29, 1.82) is 0 Å². The molecule has 27 heavy (non-hydrogen) atoms. The molecule has 0 saturated heterocycles. The highest BCUT2D eigenvalue weighted by Gasteiger charge is 2.15. The van der Waals surface area contributed by atoms with Gasteiger partial charge in [0, 0.05) is 29.5 Å². The lowest BCUT2D eigenvalue weighted by Crippen LogP contribution is -1.98. The Hall–Kier alpha value is -3.34. The van der Waals surface area contributed by atoms with Crippen LogP contribution in [0.4, 0.5) is 5.69 Å². The lowest BCUT2D eigenvalue weighted by Gasteiger charge is -2.02. The zero-order valence-corrected chi connectivity index (χ0v) is 15.2. The summed E-state index contributed by atoms with van der Waals surface area (Å²) in [6.45, 7) is 3.79. The predicted molar refractivity (Wildman–Crippen MR) is 96.2 cm³/mol. The number of nitrogens with zero attached hydrogens (tertiary/aromatic N) is 7. The molecule has 3 aromatic heterocycles. The largest absolute Gasteiger partial charge is 0.338 e. The molecule has 0 aliphatic carbocycles. The van der Waals surface area contributed by atoms with E-state index in [2.05, 4.69) is 25.3 Å². The summed E-state index contributed by atoms with van der Waals surface area (Å²) in [7, 11) is 0. The Balaban J connectivity index is 1.54. The average Bonchev–Trinajstić information content (AvgIpc) is 3.27. The first-order valence-corrected chi connectivity index (χ1v) is 8.89. The van der Waals surface area contributed by atoms with E-state index in [1.807, 2.05) is 24.3 Å². The van der Waals surface area contributed by atoms with E-state index in [-0.39, 0.29) is 5.69 Å². The standard InChI is InChI=1S/C16H13N7O3S/c1-9-6-13-19-20-16(22(13)10(2)17-9)27-8-14-18-15(21-26-14)11-4-3-5-12(7-11)23(24)25/h3-7H,8H2,1-2H3. The summed E-state index contributed by atoms with van der Waals surface area (Å²) in [4.78, 5) is 19.2. The number of nitro groups is 1. The Bertz CT molecular complexity index is 1150. The van der Waals surface area contributed by atoms with Gasteiger partial charge in [0.1, 0.15) is 5.82 Å². The smallest absolute Gasteiger partial charge is 0.270 e. The molecule has 0 radical (unpaired) electrons. The highest BCUT2D eigenvalue weighted by atomic mass is 32.2. The Kier molecular flexibility index (Phi) is 4.28. The Morgan fingerprint density at radius 2 is 2.07 bits per heavy atom. The van der Waals surface area contributed by atoms with Gasteiger partial charge in [-0.2, -0.15) is 4.98 Å². The first-order valence-electron chi connectivity index (χ1n) is 7.91. The van der Waals surface area contributed by atoms with Gasteiger partial charge in [-0.3, -0.25) is 14.5 Å². The summed E-state index contributed by atoms with van der Waals surface area (Å²) in [6, 6.07) is 7.95. The van der Waals surface area contributed by atoms with Crippen molar-refractivity contribution in [3.05, 3.63) is 57.9 Å². The topological polar surface area (TPSA) is 125 Å². The van der Waals surface area contributed by atoms with Gasteiger partial charge in [0.2, 0.25) is 11.7 Å². The fraction of sp³-hybridized carbons (Fsp3) is 0.188. The molecule has 0 N–H and O–H groups in total. The van der Waals surface area contributed by atoms with Crippen molar-refractivity contribution in [2.24, 2.45) is 0 Å². The van der Waals surface area contributed by atoms with Gasteiger partial charge in [0.25, 0.3) is 5.69 Å². The van der Waals surface area contributed by atoms with Crippen LogP contribution in [0.3, 0.4) is 0 Å². The van der Waals surface area contributed by atoms with Crippen molar-refractivity contribution in [2.45, 2.75) is 24.8 Å². The fourth-order valence-corrected chi connectivity index (χ4v) is 3.44. The third-order valence-electron chi connectivity index (χ3n) is 3.77. The number of non-ortho nitro benzene ring substituents is 1. The summed E-state index contributed by atoms with van der Waals surface area (Å²) >= 11 is 1.39. The normalized spacial score (nSPS) is 11.2. The van der Waals surface area contributed by atoms with Crippen molar-refractivity contribution >= 4 is 23.1 Å². The SMILES string of the molecule is Cc1cc2nnc(SCc3nc(-c4cccc([N+](=O)[O-])c4)no3)n2c(C)n1. The van der Waals surface area contributed by atoms with Crippen LogP contribution in [0.2, 0.25) is 0 Å². The van der Waals surface area contributed by atoms with Gasteiger partial charge in [0.15, 0.2) is 10.8 Å². The third kappa shape index (κ3) is 3.36. The molecule has 136 valence electrons. The van der Waals surface area contributed by atoms with Crippen LogP contribution in [0.15, 0.2) is 40.0 Å². The highest BCUT2D eigenvalue weighted by Crippen LogP contribution is 2.25. The van der Waals surface area contributed by atoms with Crippen molar-refractivity contribution in [3.8, 4) is 11.4 Å². The number of hydrogen-bond donors (Lipinski definition) is 0. The average molecular weight is 383 g/mol. The maximum atomic E-state index is 10.9. The number of fused-ring (bicyclic) bond motifs is 1. The van der Waals surface area contributed by atoms with Crippen molar-refractivity contribution in [3.63, 3.8) is 0 Å². The molecule has 11 heteroatoms. The number of thioether (sulfide) groups is 1. The molecule has 10 nitrogen and oxygen atoms in total. The molecule has 0 spiro atoms. The molecule has 0 aliphatic heterocycles. The van der Waals surface area contributed by atoms with Crippen LogP contribution in [0.1, 0.15) is 17.4 Å². The van der Waals surface area contributed by atoms with Crippen LogP contribution in [0.25, 0.3) is 17.0 Å². The van der Waals surface area contributed by atoms with Gasteiger partial charge in [-0.1, -0.05) is 29.1 Å². The van der Waals surface area contributed by atoms with Gasteiger partial charge in [-0.25, -0.2) is 4.98 Å². The van der Waals surface area contributed by atoms with E-state index >= 15 is 0 Å². The monoisotopic (exact) mass is 383 g/mol. The number of hydrogen-bond acceptors (Lipinski definition) is 9. The Morgan fingerprint density at radius 1 is 1.22 bits per heavy atom. The molecule has 3 heterocycles. The van der Waals surface area contributed by atoms with Crippen LogP contribution in [-0.4, -0.2) is 34.6 Å². The maximum Gasteiger partial charge on any atom is 0.270 e. The predicted octanol–water partition coefficient (Wildman–Crippen LogP) is 2.99. The summed E-state index contributed by atoms with van der Waals surface area (Å²) in [6.07, 6.45) is 0. The van der Waals surface area contributed by atoms with Crippen molar-refractivity contribution < 1.29 is 9.45 Å². The van der Waals surface area contributed by atoms with Gasteiger partial charge >= 0.3 is 0 Å². The van der Waals surface area contributed by atoms with E-state index in [0.29, 0.717) is 28.2 Å². The molecule has 0 unspecified atom stereocenters. The zero-order valence-electron chi connectivity index (χ0n) is 14.4. The maximum absolute atomic E-state index is 10.9. The molecule has 0 atom stereocenters. The lowest BCUT2D eigenvalue weighted by molar-refractivity contribution is -0.384. The second-order valence-electron chi connectivity index (χ2n) is 5.73. The van der Waals surface area contributed by atoms with Gasteiger partial charge in [-0.15, -0.1) is 10.2 Å². The second-order valence-corrected chi connectivity index (χ2v) is 6.67. The van der Waals surface area contributed by atoms with Crippen LogP contribution in [-0.2, 0) is 5.75 Å². The third-order valence-corrected chi connectivity index (χ3v) is 4.68. The zero-order chi connectivity index (χ0) is 19.0. The number of aromatic nitrogens is 6. The van der Waals surface area contributed by atoms with Crippen molar-refractivity contribution in [2.75, 3.05) is 0 Å². The van der Waals surface area contributed by atoms with Crippen molar-refractivity contribution in [1.82, 2.24) is 29.7 Å². The number of nitro benzene ring substituents is 1. The van der Waals surface area contributed by atoms with E-state index in [1.165, 1.54) is 23.9 Å². The molecular formula is C16H13N7O3S. The van der Waals surface area contributed by atoms with Crippen LogP contribution < -0.4 is 0 Å². The molecule has 4 aromatic rings. The summed E-state index contributed by atoms with van der Waals surface area (Å²) in [5.74, 6) is 1.86. The van der Waals surface area contributed by atoms with Crippen LogP contribution in [0.5, 0.6) is 0 Å². The summed E-state index contributed by atoms with van der Waals surface area (Å²) < 4.78 is 7.11. The van der Waals surface area contributed by atoms with Gasteiger partial charge < -0.3 is 4.52 Å². The first-order chi connectivity index (χ1) is 13.0. The number of benzene rings is 1. The van der Waals surface area contributed by atoms with Crippen LogP contribution in [0, 0.1) is 24.0 Å². The Morgan fingerprint density at radius 3 is 2.89 bits per heavy atom. The summed E-state index contributed by atoms with van der Waals surface area (Å²) in [5, 5.41) is 23.8. The van der Waals surface area contributed by atoms with E-state index in [9.17, 15) is 10.1 Å². The molecule has 4 rings (SSSR count). The van der Waals surface area contributed by atoms with Gasteiger partial charge in [0.05, 0.1) is 10.7 Å². The summed E-state index contributed by atoms with van der Waals surface area (Å²) in [5.41, 5.74) is 2.10. The lowest BCUT2D eigenvalue weighted by atomic mass is 10.2. The van der Waals surface area contributed by atoms with E-state index < -0.39 is 4.92 Å². The minimum Gasteiger partial charge on any atom is -0.338 e. The number of aryl methyl sites for hydroxylation is 2. The fourth-order valence-electron chi connectivity index (χ4n) is 2.61. The van der Waals surface area contributed by atoms with Crippen LogP contribution >= 0.6 is 11.8 Å². The number of rotatable bonds is 5. The van der Waals surface area contributed by atoms with E-state index in [4.69, 9.17) is 4.52 Å². The van der Waals surface area contributed by atoms with E-state index in [0.717, 1.165) is 17.2 Å². The molecule has 1 aromatic carbocycles. The molecule has 0 amide bonds. The second kappa shape index (κ2) is 6.76. The molecule has 0 fully saturated rings. The minimum atomic E-state index is -0.463. The molecule has 0 aliphatic rings. The Labute approximate surface area is 156 Å². The minimum absolute atomic E-state index is 0.0265. The highest BCUT2D eigenvalue weighted by molar-refractivity contribution is 7.98. The molecule has 0 bridgehead atoms. The van der Waals surface area contributed by atoms with E-state index in [1.54, 1.807) is 12.1 Å². The molecular weight excluding hydrogens is 370 g/mol. The quantitative estimate of drug-likeness (QED) is 0.290. The van der Waals surface area contributed by atoms with Gasteiger partial charge in [-0.05, 0) is 13.8 Å². The molecule has 0 saturated carbocycles.